The van der Waals surface area contributed by atoms with E-state index in [1.54, 1.807) is 0 Å². The van der Waals surface area contributed by atoms with Gasteiger partial charge in [0.25, 0.3) is 0 Å². The lowest BCUT2D eigenvalue weighted by Gasteiger charge is -2.36. The van der Waals surface area contributed by atoms with Crippen molar-refractivity contribution in [3.63, 3.8) is 0 Å². The van der Waals surface area contributed by atoms with Crippen molar-refractivity contribution in [3.8, 4) is 0 Å². The third-order valence-electron chi connectivity index (χ3n) is 4.99. The maximum Gasteiger partial charge on any atom is 0.306 e. The summed E-state index contributed by atoms with van der Waals surface area (Å²) in [5.41, 5.74) is -0.697. The Hall–Kier alpha value is -0.650. The molecule has 0 spiro atoms. The number of aliphatic carboxylic acids is 1. The van der Waals surface area contributed by atoms with Gasteiger partial charge in [-0.15, -0.1) is 0 Å². The van der Waals surface area contributed by atoms with E-state index >= 15 is 0 Å². The molecule has 5 heteroatoms. The highest BCUT2D eigenvalue weighted by molar-refractivity contribution is 5.70. The third kappa shape index (κ3) is 4.43. The average molecular weight is 284 g/mol. The normalized spacial score (nSPS) is 33.2. The van der Waals surface area contributed by atoms with E-state index in [-0.39, 0.29) is 5.92 Å². The summed E-state index contributed by atoms with van der Waals surface area (Å²) in [5, 5.41) is 22.9. The first-order chi connectivity index (χ1) is 9.48. The minimum Gasteiger partial charge on any atom is -0.481 e. The fourth-order valence-electron chi connectivity index (χ4n) is 3.35. The van der Waals surface area contributed by atoms with Gasteiger partial charge in [-0.05, 0) is 71.1 Å². The first-order valence-corrected chi connectivity index (χ1v) is 7.83. The summed E-state index contributed by atoms with van der Waals surface area (Å²) in [5.74, 6) is -0.263. The molecule has 3 N–H and O–H groups in total. The zero-order chi connectivity index (χ0) is 14.6. The van der Waals surface area contributed by atoms with Crippen LogP contribution in [-0.2, 0) is 4.79 Å². The van der Waals surface area contributed by atoms with Gasteiger partial charge in [-0.1, -0.05) is 0 Å². The van der Waals surface area contributed by atoms with Crippen molar-refractivity contribution >= 4 is 5.97 Å². The van der Waals surface area contributed by atoms with Crippen LogP contribution in [-0.4, -0.2) is 59.9 Å². The van der Waals surface area contributed by atoms with E-state index in [1.165, 1.54) is 12.8 Å². The SMILES string of the molecule is CN1CCC(CNCC2(O)CCC(C(=O)O)CC2)CC1. The number of carboxylic acids is 1. The number of aliphatic hydroxyl groups is 1. The Morgan fingerprint density at radius 3 is 2.40 bits per heavy atom. The summed E-state index contributed by atoms with van der Waals surface area (Å²) in [7, 11) is 2.16. The van der Waals surface area contributed by atoms with E-state index in [0.717, 1.165) is 19.6 Å². The highest BCUT2D eigenvalue weighted by Crippen LogP contribution is 2.31. The van der Waals surface area contributed by atoms with E-state index in [1.807, 2.05) is 0 Å². The number of likely N-dealkylation sites (tertiary alicyclic amines) is 1. The molecule has 1 saturated carbocycles. The number of hydrogen-bond acceptors (Lipinski definition) is 4. The van der Waals surface area contributed by atoms with Crippen molar-refractivity contribution in [2.24, 2.45) is 11.8 Å². The standard InChI is InChI=1S/C15H28N2O3/c1-17-8-4-12(5-9-17)10-16-11-15(20)6-2-13(3-7-15)14(18)19/h12-13,16,20H,2-11H2,1H3,(H,18,19). The molecule has 2 fully saturated rings. The Kier molecular flexibility index (Phi) is 5.41. The fourth-order valence-corrected chi connectivity index (χ4v) is 3.35. The summed E-state index contributed by atoms with van der Waals surface area (Å²) in [4.78, 5) is 13.3. The number of rotatable bonds is 5. The van der Waals surface area contributed by atoms with E-state index in [4.69, 9.17) is 5.11 Å². The molecule has 0 aromatic heterocycles. The van der Waals surface area contributed by atoms with Crippen LogP contribution in [0.3, 0.4) is 0 Å². The van der Waals surface area contributed by atoms with E-state index in [9.17, 15) is 9.90 Å². The quantitative estimate of drug-likeness (QED) is 0.700. The summed E-state index contributed by atoms with van der Waals surface area (Å²) in [6.45, 7) is 3.90. The lowest BCUT2D eigenvalue weighted by atomic mass is 9.78. The molecule has 0 amide bonds. The molecule has 1 heterocycles. The third-order valence-corrected chi connectivity index (χ3v) is 4.99. The van der Waals surface area contributed by atoms with Gasteiger partial charge in [0.15, 0.2) is 0 Å². The Balaban J connectivity index is 1.65. The molecule has 1 aliphatic carbocycles. The molecule has 0 unspecified atom stereocenters. The van der Waals surface area contributed by atoms with E-state index < -0.39 is 11.6 Å². The molecule has 0 radical (unpaired) electrons. The molecule has 116 valence electrons. The Morgan fingerprint density at radius 1 is 1.25 bits per heavy atom. The number of hydrogen-bond donors (Lipinski definition) is 3. The first kappa shape index (κ1) is 15.7. The number of carboxylic acid groups (broad SMARTS) is 1. The molecule has 0 aromatic rings. The second-order valence-electron chi connectivity index (χ2n) is 6.71. The van der Waals surface area contributed by atoms with E-state index in [2.05, 4.69) is 17.3 Å². The predicted octanol–water partition coefficient (Wildman–Crippen LogP) is 0.924. The van der Waals surface area contributed by atoms with Crippen molar-refractivity contribution in [1.29, 1.82) is 0 Å². The molecular formula is C15H28N2O3. The van der Waals surface area contributed by atoms with Crippen molar-refractivity contribution in [1.82, 2.24) is 10.2 Å². The Labute approximate surface area is 121 Å². The van der Waals surface area contributed by atoms with Crippen LogP contribution in [0.5, 0.6) is 0 Å². The highest BCUT2D eigenvalue weighted by atomic mass is 16.4. The fraction of sp³-hybridized carbons (Fsp3) is 0.933. The number of piperidine rings is 1. The number of nitrogens with zero attached hydrogens (tertiary/aromatic N) is 1. The smallest absolute Gasteiger partial charge is 0.306 e. The summed E-state index contributed by atoms with van der Waals surface area (Å²) < 4.78 is 0. The zero-order valence-corrected chi connectivity index (χ0v) is 12.5. The summed E-state index contributed by atoms with van der Waals surface area (Å²) >= 11 is 0. The van der Waals surface area contributed by atoms with Gasteiger partial charge >= 0.3 is 5.97 Å². The van der Waals surface area contributed by atoms with Gasteiger partial charge in [-0.2, -0.15) is 0 Å². The molecule has 1 saturated heterocycles. The van der Waals surface area contributed by atoms with Crippen LogP contribution in [0.25, 0.3) is 0 Å². The maximum absolute atomic E-state index is 10.9. The van der Waals surface area contributed by atoms with Crippen LogP contribution in [0.4, 0.5) is 0 Å². The summed E-state index contributed by atoms with van der Waals surface area (Å²) in [6, 6.07) is 0. The molecule has 5 nitrogen and oxygen atoms in total. The van der Waals surface area contributed by atoms with Gasteiger partial charge < -0.3 is 20.4 Å². The maximum atomic E-state index is 10.9. The molecule has 1 aliphatic heterocycles. The van der Waals surface area contributed by atoms with Crippen LogP contribution in [0, 0.1) is 11.8 Å². The number of carbonyl (C=O) groups is 1. The van der Waals surface area contributed by atoms with Crippen LogP contribution in [0.1, 0.15) is 38.5 Å². The van der Waals surface area contributed by atoms with Crippen LogP contribution in [0.15, 0.2) is 0 Å². The summed E-state index contributed by atoms with van der Waals surface area (Å²) in [6.07, 6.45) is 4.85. The lowest BCUT2D eigenvalue weighted by molar-refractivity contribution is -0.144. The van der Waals surface area contributed by atoms with Crippen LogP contribution < -0.4 is 5.32 Å². The predicted molar refractivity (Wildman–Crippen MR) is 77.6 cm³/mol. The van der Waals surface area contributed by atoms with Gasteiger partial charge in [0.05, 0.1) is 11.5 Å². The van der Waals surface area contributed by atoms with Gasteiger partial charge in [-0.3, -0.25) is 4.79 Å². The van der Waals surface area contributed by atoms with Gasteiger partial charge in [0, 0.05) is 6.54 Å². The molecule has 20 heavy (non-hydrogen) atoms. The minimum absolute atomic E-state index is 0.260. The Bertz CT molecular complexity index is 319. The zero-order valence-electron chi connectivity index (χ0n) is 12.5. The molecule has 0 bridgehead atoms. The van der Waals surface area contributed by atoms with Crippen molar-refractivity contribution in [2.45, 2.75) is 44.1 Å². The Morgan fingerprint density at radius 2 is 1.85 bits per heavy atom. The monoisotopic (exact) mass is 284 g/mol. The lowest BCUT2D eigenvalue weighted by Crippen LogP contribution is -2.46. The van der Waals surface area contributed by atoms with Gasteiger partial charge in [0.2, 0.25) is 0 Å². The van der Waals surface area contributed by atoms with Crippen molar-refractivity contribution in [3.05, 3.63) is 0 Å². The van der Waals surface area contributed by atoms with Gasteiger partial charge in [-0.25, -0.2) is 0 Å². The topological polar surface area (TPSA) is 72.8 Å². The van der Waals surface area contributed by atoms with Crippen LogP contribution >= 0.6 is 0 Å². The molecule has 0 aromatic carbocycles. The second kappa shape index (κ2) is 6.87. The number of nitrogens with one attached hydrogen (secondary N) is 1. The van der Waals surface area contributed by atoms with Crippen molar-refractivity contribution < 1.29 is 15.0 Å². The van der Waals surface area contributed by atoms with Crippen molar-refractivity contribution in [2.75, 3.05) is 33.2 Å². The average Bonchev–Trinajstić information content (AvgIpc) is 2.41. The van der Waals surface area contributed by atoms with Gasteiger partial charge in [0.1, 0.15) is 0 Å². The highest BCUT2D eigenvalue weighted by Gasteiger charge is 2.35. The molecule has 2 rings (SSSR count). The molecular weight excluding hydrogens is 256 g/mol. The van der Waals surface area contributed by atoms with E-state index in [0.29, 0.717) is 38.1 Å². The largest absolute Gasteiger partial charge is 0.481 e. The first-order valence-electron chi connectivity index (χ1n) is 7.83. The molecule has 0 atom stereocenters. The van der Waals surface area contributed by atoms with Crippen LogP contribution in [0.2, 0.25) is 0 Å². The second-order valence-corrected chi connectivity index (χ2v) is 6.71. The molecule has 2 aliphatic rings. The minimum atomic E-state index is -0.716.